The molecule has 0 aliphatic rings. The molecular formula is C14H25N3O2S. The molecule has 0 heterocycles. The van der Waals surface area contributed by atoms with E-state index in [-0.39, 0.29) is 0 Å². The Hall–Kier alpha value is -0.950. The van der Waals surface area contributed by atoms with E-state index in [1.807, 2.05) is 20.2 Å². The van der Waals surface area contributed by atoms with Crippen molar-refractivity contribution >= 4 is 10.0 Å². The number of benzene rings is 1. The number of hydrogen-bond acceptors (Lipinski definition) is 4. The van der Waals surface area contributed by atoms with Crippen molar-refractivity contribution in [3.63, 3.8) is 0 Å². The predicted octanol–water partition coefficient (Wildman–Crippen LogP) is 1.07. The summed E-state index contributed by atoms with van der Waals surface area (Å²) in [4.78, 5) is 2.41. The first-order valence-corrected chi connectivity index (χ1v) is 8.29. The van der Waals surface area contributed by atoms with Crippen molar-refractivity contribution < 1.29 is 8.42 Å². The third kappa shape index (κ3) is 5.20. The Bertz CT molecular complexity index is 527. The van der Waals surface area contributed by atoms with E-state index in [2.05, 4.69) is 9.62 Å². The van der Waals surface area contributed by atoms with Crippen LogP contribution in [0.1, 0.15) is 24.0 Å². The summed E-state index contributed by atoms with van der Waals surface area (Å²) in [5.74, 6) is 0. The van der Waals surface area contributed by atoms with Gasteiger partial charge in [0.25, 0.3) is 0 Å². The molecule has 20 heavy (non-hydrogen) atoms. The molecule has 0 unspecified atom stereocenters. The molecule has 0 radical (unpaired) electrons. The van der Waals surface area contributed by atoms with Gasteiger partial charge in [0.15, 0.2) is 0 Å². The largest absolute Gasteiger partial charge is 0.326 e. The van der Waals surface area contributed by atoms with Gasteiger partial charge in [-0.05, 0) is 57.6 Å². The van der Waals surface area contributed by atoms with Crippen LogP contribution in [0.3, 0.4) is 0 Å². The van der Waals surface area contributed by atoms with Crippen LogP contribution in [0, 0.1) is 6.92 Å². The fourth-order valence-corrected chi connectivity index (χ4v) is 3.27. The van der Waals surface area contributed by atoms with Crippen LogP contribution in [0.25, 0.3) is 0 Å². The molecule has 1 aromatic rings. The highest BCUT2D eigenvalue weighted by Gasteiger charge is 2.16. The maximum absolute atomic E-state index is 12.3. The van der Waals surface area contributed by atoms with Gasteiger partial charge in [0, 0.05) is 13.1 Å². The zero-order chi connectivity index (χ0) is 15.2. The SMILES string of the molecule is Cc1ccc(CN)cc1S(=O)(=O)NCCCCN(C)C. The highest BCUT2D eigenvalue weighted by molar-refractivity contribution is 7.89. The fourth-order valence-electron chi connectivity index (χ4n) is 1.90. The number of unbranched alkanes of at least 4 members (excludes halogenated alkanes) is 1. The Morgan fingerprint density at radius 2 is 1.95 bits per heavy atom. The van der Waals surface area contributed by atoms with Gasteiger partial charge >= 0.3 is 0 Å². The topological polar surface area (TPSA) is 75.4 Å². The number of sulfonamides is 1. The molecule has 6 heteroatoms. The van der Waals surface area contributed by atoms with E-state index in [0.29, 0.717) is 18.0 Å². The Morgan fingerprint density at radius 3 is 2.55 bits per heavy atom. The van der Waals surface area contributed by atoms with E-state index in [1.54, 1.807) is 19.1 Å². The quantitative estimate of drug-likeness (QED) is 0.704. The minimum absolute atomic E-state index is 0.327. The monoisotopic (exact) mass is 299 g/mol. The van der Waals surface area contributed by atoms with Gasteiger partial charge in [-0.25, -0.2) is 13.1 Å². The van der Waals surface area contributed by atoms with Crippen molar-refractivity contribution in [2.24, 2.45) is 5.73 Å². The number of nitrogens with two attached hydrogens (primary N) is 1. The zero-order valence-electron chi connectivity index (χ0n) is 12.5. The second-order valence-corrected chi connectivity index (χ2v) is 6.95. The van der Waals surface area contributed by atoms with E-state index < -0.39 is 10.0 Å². The Labute approximate surface area is 122 Å². The summed E-state index contributed by atoms with van der Waals surface area (Å²) in [5, 5.41) is 0. The first-order valence-electron chi connectivity index (χ1n) is 6.81. The molecule has 0 spiro atoms. The van der Waals surface area contributed by atoms with Crippen molar-refractivity contribution in [3.8, 4) is 0 Å². The van der Waals surface area contributed by atoms with Crippen molar-refractivity contribution in [2.75, 3.05) is 27.2 Å². The summed E-state index contributed by atoms with van der Waals surface area (Å²) in [6.45, 7) is 3.55. The highest BCUT2D eigenvalue weighted by atomic mass is 32.2. The summed E-state index contributed by atoms with van der Waals surface area (Å²) in [6.07, 6.45) is 1.80. The van der Waals surface area contributed by atoms with Crippen LogP contribution in [0.5, 0.6) is 0 Å². The lowest BCUT2D eigenvalue weighted by atomic mass is 10.1. The van der Waals surface area contributed by atoms with E-state index in [9.17, 15) is 8.42 Å². The number of nitrogens with one attached hydrogen (secondary N) is 1. The van der Waals surface area contributed by atoms with Gasteiger partial charge in [-0.15, -0.1) is 0 Å². The van der Waals surface area contributed by atoms with Gasteiger partial charge in [-0.2, -0.15) is 0 Å². The van der Waals surface area contributed by atoms with Gasteiger partial charge in [0.1, 0.15) is 0 Å². The molecule has 5 nitrogen and oxygen atoms in total. The molecule has 1 rings (SSSR count). The number of hydrogen-bond donors (Lipinski definition) is 2. The van der Waals surface area contributed by atoms with Crippen LogP contribution >= 0.6 is 0 Å². The molecule has 0 amide bonds. The minimum Gasteiger partial charge on any atom is -0.326 e. The van der Waals surface area contributed by atoms with E-state index in [1.165, 1.54) is 0 Å². The van der Waals surface area contributed by atoms with Gasteiger partial charge in [-0.3, -0.25) is 0 Å². The second kappa shape index (κ2) is 7.73. The van der Waals surface area contributed by atoms with Gasteiger partial charge < -0.3 is 10.6 Å². The third-order valence-electron chi connectivity index (χ3n) is 3.10. The minimum atomic E-state index is -3.44. The van der Waals surface area contributed by atoms with Crippen molar-refractivity contribution in [1.29, 1.82) is 0 Å². The molecule has 0 fully saturated rings. The van der Waals surface area contributed by atoms with Gasteiger partial charge in [-0.1, -0.05) is 12.1 Å². The smallest absolute Gasteiger partial charge is 0.240 e. The number of nitrogens with zero attached hydrogens (tertiary/aromatic N) is 1. The zero-order valence-corrected chi connectivity index (χ0v) is 13.3. The molecule has 0 aliphatic heterocycles. The van der Waals surface area contributed by atoms with E-state index in [4.69, 9.17) is 5.73 Å². The summed E-state index contributed by atoms with van der Waals surface area (Å²) in [5.41, 5.74) is 7.12. The van der Waals surface area contributed by atoms with Crippen LogP contribution in [0.2, 0.25) is 0 Å². The molecule has 0 aliphatic carbocycles. The molecular weight excluding hydrogens is 274 g/mol. The van der Waals surface area contributed by atoms with Gasteiger partial charge in [0.05, 0.1) is 4.90 Å². The maximum atomic E-state index is 12.3. The highest BCUT2D eigenvalue weighted by Crippen LogP contribution is 2.16. The van der Waals surface area contributed by atoms with Crippen LogP contribution in [0.4, 0.5) is 0 Å². The Kier molecular flexibility index (Phi) is 6.61. The van der Waals surface area contributed by atoms with E-state index in [0.717, 1.165) is 30.5 Å². The summed E-state index contributed by atoms with van der Waals surface area (Å²) < 4.78 is 27.2. The standard InChI is InChI=1S/C14H25N3O2S/c1-12-6-7-13(11-15)10-14(12)20(18,19)16-8-4-5-9-17(2)3/h6-7,10,16H,4-5,8-9,11,15H2,1-3H3. The van der Waals surface area contributed by atoms with Crippen LogP contribution in [-0.4, -0.2) is 40.5 Å². The van der Waals surface area contributed by atoms with Crippen molar-refractivity contribution in [2.45, 2.75) is 31.2 Å². The van der Waals surface area contributed by atoms with Gasteiger partial charge in [0.2, 0.25) is 10.0 Å². The molecule has 0 saturated heterocycles. The van der Waals surface area contributed by atoms with Crippen LogP contribution in [-0.2, 0) is 16.6 Å². The molecule has 0 bridgehead atoms. The van der Waals surface area contributed by atoms with Crippen molar-refractivity contribution in [1.82, 2.24) is 9.62 Å². The first-order chi connectivity index (χ1) is 9.36. The third-order valence-corrected chi connectivity index (χ3v) is 4.70. The number of rotatable bonds is 8. The molecule has 1 aromatic carbocycles. The van der Waals surface area contributed by atoms with Crippen molar-refractivity contribution in [3.05, 3.63) is 29.3 Å². The first kappa shape index (κ1) is 17.1. The summed E-state index contributed by atoms with van der Waals surface area (Å²) >= 11 is 0. The Balaban J connectivity index is 2.64. The lowest BCUT2D eigenvalue weighted by Crippen LogP contribution is -2.26. The molecule has 0 saturated carbocycles. The maximum Gasteiger partial charge on any atom is 0.240 e. The Morgan fingerprint density at radius 1 is 1.25 bits per heavy atom. The average Bonchev–Trinajstić information content (AvgIpc) is 2.38. The lowest BCUT2D eigenvalue weighted by Gasteiger charge is -2.12. The normalized spacial score (nSPS) is 12.1. The fraction of sp³-hybridized carbons (Fsp3) is 0.571. The lowest BCUT2D eigenvalue weighted by molar-refractivity contribution is 0.394. The molecule has 114 valence electrons. The second-order valence-electron chi connectivity index (χ2n) is 5.21. The number of aryl methyl sites for hydroxylation is 1. The summed E-state index contributed by atoms with van der Waals surface area (Å²) in [7, 11) is 0.568. The molecule has 0 aromatic heterocycles. The average molecular weight is 299 g/mol. The molecule has 3 N–H and O–H groups in total. The molecule has 0 atom stereocenters. The summed E-state index contributed by atoms with van der Waals surface area (Å²) in [6, 6.07) is 5.30. The van der Waals surface area contributed by atoms with Crippen LogP contribution in [0.15, 0.2) is 23.1 Å². The predicted molar refractivity (Wildman–Crippen MR) is 82.0 cm³/mol. The van der Waals surface area contributed by atoms with E-state index >= 15 is 0 Å². The van der Waals surface area contributed by atoms with Crippen LogP contribution < -0.4 is 10.5 Å².